The van der Waals surface area contributed by atoms with E-state index in [0.717, 1.165) is 5.56 Å². The highest BCUT2D eigenvalue weighted by molar-refractivity contribution is 6.30. The van der Waals surface area contributed by atoms with E-state index in [0.29, 0.717) is 17.3 Å². The van der Waals surface area contributed by atoms with Crippen LogP contribution in [-0.4, -0.2) is 26.2 Å². The Balaban J connectivity index is 2.18. The van der Waals surface area contributed by atoms with Gasteiger partial charge in [-0.2, -0.15) is 0 Å². The molecule has 0 aromatic heterocycles. The van der Waals surface area contributed by atoms with Crippen molar-refractivity contribution in [3.8, 4) is 5.75 Å². The van der Waals surface area contributed by atoms with Crippen LogP contribution in [0.2, 0.25) is 5.02 Å². The molecule has 0 spiro atoms. The second-order valence-electron chi connectivity index (χ2n) is 4.71. The zero-order chi connectivity index (χ0) is 16.5. The van der Waals surface area contributed by atoms with Crippen molar-refractivity contribution in [2.75, 3.05) is 20.2 Å². The van der Waals surface area contributed by atoms with E-state index in [1.165, 1.54) is 0 Å². The third kappa shape index (κ3) is 5.77. The van der Waals surface area contributed by atoms with E-state index in [4.69, 9.17) is 21.1 Å². The molecule has 0 atom stereocenters. The number of carbonyl (C=O) groups excluding carboxylic acids is 1. The van der Waals surface area contributed by atoms with Crippen LogP contribution in [0.5, 0.6) is 5.75 Å². The number of esters is 1. The first-order chi connectivity index (χ1) is 11.2. The Morgan fingerprint density at radius 1 is 1.13 bits per heavy atom. The molecule has 2 rings (SSSR count). The van der Waals surface area contributed by atoms with Crippen molar-refractivity contribution in [2.24, 2.45) is 0 Å². The zero-order valence-electron chi connectivity index (χ0n) is 12.8. The monoisotopic (exact) mass is 331 g/mol. The Labute approximate surface area is 140 Å². The van der Waals surface area contributed by atoms with Gasteiger partial charge in [-0.05, 0) is 43.0 Å². The van der Waals surface area contributed by atoms with E-state index in [2.05, 4.69) is 5.32 Å². The minimum atomic E-state index is -0.515. The Kier molecular flexibility index (Phi) is 6.66. The first kappa shape index (κ1) is 17.1. The Morgan fingerprint density at radius 2 is 1.83 bits per heavy atom. The Hall–Kier alpha value is -2.30. The molecule has 0 heterocycles. The van der Waals surface area contributed by atoms with Gasteiger partial charge in [-0.3, -0.25) is 0 Å². The summed E-state index contributed by atoms with van der Waals surface area (Å²) in [6.07, 6.45) is 1.65. The number of likely N-dealkylation sites (N-methyl/N-ethyl adjacent to an activating group) is 1. The van der Waals surface area contributed by atoms with Gasteiger partial charge in [-0.25, -0.2) is 4.79 Å². The first-order valence-corrected chi connectivity index (χ1v) is 7.59. The summed E-state index contributed by atoms with van der Waals surface area (Å²) in [5, 5.41) is 3.52. The highest BCUT2D eigenvalue weighted by Gasteiger charge is 2.14. The molecule has 1 N–H and O–H groups in total. The highest BCUT2D eigenvalue weighted by atomic mass is 35.5. The van der Waals surface area contributed by atoms with Crippen LogP contribution in [0.3, 0.4) is 0 Å². The highest BCUT2D eigenvalue weighted by Crippen LogP contribution is 2.19. The Morgan fingerprint density at radius 3 is 2.48 bits per heavy atom. The number of nitrogens with one attached hydrogen (secondary N) is 1. The molecule has 0 bridgehead atoms. The molecule has 0 aliphatic rings. The van der Waals surface area contributed by atoms with Gasteiger partial charge in [0.25, 0.3) is 0 Å². The largest absolute Gasteiger partial charge is 0.458 e. The van der Waals surface area contributed by atoms with Gasteiger partial charge in [0, 0.05) is 11.6 Å². The van der Waals surface area contributed by atoms with Crippen molar-refractivity contribution >= 4 is 23.6 Å². The number of hydrogen-bond donors (Lipinski definition) is 1. The zero-order valence-corrected chi connectivity index (χ0v) is 13.5. The second kappa shape index (κ2) is 8.98. The van der Waals surface area contributed by atoms with E-state index in [9.17, 15) is 4.79 Å². The topological polar surface area (TPSA) is 47.6 Å². The molecule has 0 aliphatic carbocycles. The van der Waals surface area contributed by atoms with Crippen molar-refractivity contribution in [1.82, 2.24) is 5.32 Å². The molecule has 23 heavy (non-hydrogen) atoms. The maximum atomic E-state index is 12.2. The first-order valence-electron chi connectivity index (χ1n) is 7.21. The lowest BCUT2D eigenvalue weighted by molar-refractivity contribution is -0.141. The molecule has 2 aromatic carbocycles. The van der Waals surface area contributed by atoms with E-state index in [1.54, 1.807) is 37.4 Å². The molecule has 0 saturated carbocycles. The molecule has 0 fully saturated rings. The molecule has 0 aliphatic heterocycles. The minimum absolute atomic E-state index is 0.120. The van der Waals surface area contributed by atoms with Crippen LogP contribution in [0.1, 0.15) is 5.56 Å². The lowest BCUT2D eigenvalue weighted by Gasteiger charge is -2.10. The van der Waals surface area contributed by atoms with Crippen LogP contribution < -0.4 is 10.1 Å². The SMILES string of the molecule is CNCCOC(=O)/C(=C/c1ccccc1)Oc1ccc(Cl)cc1. The fourth-order valence-electron chi connectivity index (χ4n) is 1.78. The maximum Gasteiger partial charge on any atom is 0.374 e. The van der Waals surface area contributed by atoms with Crippen LogP contribution >= 0.6 is 11.6 Å². The third-order valence-electron chi connectivity index (χ3n) is 2.93. The molecular weight excluding hydrogens is 314 g/mol. The van der Waals surface area contributed by atoms with Crippen LogP contribution in [0, 0.1) is 0 Å². The normalized spacial score (nSPS) is 11.1. The number of rotatable bonds is 7. The van der Waals surface area contributed by atoms with Gasteiger partial charge in [0.05, 0.1) is 0 Å². The lowest BCUT2D eigenvalue weighted by atomic mass is 10.2. The van der Waals surface area contributed by atoms with Gasteiger partial charge in [0.2, 0.25) is 5.76 Å². The minimum Gasteiger partial charge on any atom is -0.458 e. The summed E-state index contributed by atoms with van der Waals surface area (Å²) >= 11 is 5.86. The molecule has 0 unspecified atom stereocenters. The number of benzene rings is 2. The summed E-state index contributed by atoms with van der Waals surface area (Å²) in [6.45, 7) is 0.844. The molecule has 5 heteroatoms. The van der Waals surface area contributed by atoms with Crippen LogP contribution in [-0.2, 0) is 9.53 Å². The number of carbonyl (C=O) groups is 1. The molecule has 4 nitrogen and oxygen atoms in total. The van der Waals surface area contributed by atoms with Crippen molar-refractivity contribution in [2.45, 2.75) is 0 Å². The molecule has 0 saturated heterocycles. The van der Waals surface area contributed by atoms with E-state index in [-0.39, 0.29) is 12.4 Å². The van der Waals surface area contributed by atoms with Crippen LogP contribution in [0.15, 0.2) is 60.4 Å². The molecular formula is C18H18ClNO3. The molecule has 120 valence electrons. The van der Waals surface area contributed by atoms with Gasteiger partial charge in [-0.1, -0.05) is 41.9 Å². The summed E-state index contributed by atoms with van der Waals surface area (Å²) in [7, 11) is 1.79. The predicted molar refractivity (Wildman–Crippen MR) is 91.4 cm³/mol. The van der Waals surface area contributed by atoms with Gasteiger partial charge in [0.1, 0.15) is 12.4 Å². The number of hydrogen-bond acceptors (Lipinski definition) is 4. The smallest absolute Gasteiger partial charge is 0.374 e. The third-order valence-corrected chi connectivity index (χ3v) is 3.18. The van der Waals surface area contributed by atoms with E-state index >= 15 is 0 Å². The average Bonchev–Trinajstić information content (AvgIpc) is 2.57. The second-order valence-corrected chi connectivity index (χ2v) is 5.15. The summed E-state index contributed by atoms with van der Waals surface area (Å²) in [5.74, 6) is 0.121. The predicted octanol–water partition coefficient (Wildman–Crippen LogP) is 3.52. The summed E-state index contributed by atoms with van der Waals surface area (Å²) < 4.78 is 10.9. The fourth-order valence-corrected chi connectivity index (χ4v) is 1.90. The van der Waals surface area contributed by atoms with Gasteiger partial charge < -0.3 is 14.8 Å². The summed E-state index contributed by atoms with van der Waals surface area (Å²) in [6, 6.07) is 16.2. The molecule has 0 radical (unpaired) electrons. The van der Waals surface area contributed by atoms with Crippen molar-refractivity contribution in [3.63, 3.8) is 0 Å². The summed E-state index contributed by atoms with van der Waals surface area (Å²) in [5.41, 5.74) is 0.849. The van der Waals surface area contributed by atoms with Gasteiger partial charge >= 0.3 is 5.97 Å². The lowest BCUT2D eigenvalue weighted by Crippen LogP contribution is -2.20. The van der Waals surface area contributed by atoms with E-state index < -0.39 is 5.97 Å². The average molecular weight is 332 g/mol. The van der Waals surface area contributed by atoms with Crippen molar-refractivity contribution in [1.29, 1.82) is 0 Å². The Bertz CT molecular complexity index is 654. The number of halogens is 1. The quantitative estimate of drug-likeness (QED) is 0.365. The van der Waals surface area contributed by atoms with E-state index in [1.807, 2.05) is 30.3 Å². The fraction of sp³-hybridized carbons (Fsp3) is 0.167. The standard InChI is InChI=1S/C18H18ClNO3/c1-20-11-12-22-18(21)17(13-14-5-3-2-4-6-14)23-16-9-7-15(19)8-10-16/h2-10,13,20H,11-12H2,1H3/b17-13-. The van der Waals surface area contributed by atoms with Crippen LogP contribution in [0.25, 0.3) is 6.08 Å². The maximum absolute atomic E-state index is 12.2. The van der Waals surface area contributed by atoms with Crippen LogP contribution in [0.4, 0.5) is 0 Å². The molecule has 2 aromatic rings. The number of ether oxygens (including phenoxy) is 2. The molecule has 0 amide bonds. The van der Waals surface area contributed by atoms with Gasteiger partial charge in [-0.15, -0.1) is 0 Å². The van der Waals surface area contributed by atoms with Crippen molar-refractivity contribution in [3.05, 3.63) is 70.9 Å². The van der Waals surface area contributed by atoms with Crippen molar-refractivity contribution < 1.29 is 14.3 Å². The van der Waals surface area contributed by atoms with Gasteiger partial charge in [0.15, 0.2) is 0 Å². The summed E-state index contributed by atoms with van der Waals surface area (Å²) in [4.78, 5) is 12.2.